The van der Waals surface area contributed by atoms with Gasteiger partial charge in [-0.05, 0) is 55.2 Å². The third-order valence-corrected chi connectivity index (χ3v) is 5.83. The molecule has 1 unspecified atom stereocenters. The summed E-state index contributed by atoms with van der Waals surface area (Å²) < 4.78 is 6.65. The molecule has 0 aromatic heterocycles. The van der Waals surface area contributed by atoms with E-state index in [0.29, 0.717) is 0 Å². The first-order valence-electron chi connectivity index (χ1n) is 10.1. The van der Waals surface area contributed by atoms with Crippen LogP contribution in [0.25, 0.3) is 22.8 Å². The Morgan fingerprint density at radius 3 is 2.52 bits per heavy atom. The van der Waals surface area contributed by atoms with E-state index in [1.807, 2.05) is 18.2 Å². The number of rotatable bonds is 2. The van der Waals surface area contributed by atoms with Gasteiger partial charge in [-0.3, -0.25) is 0 Å². The van der Waals surface area contributed by atoms with Gasteiger partial charge in [-0.15, -0.1) is 0 Å². The van der Waals surface area contributed by atoms with Crippen molar-refractivity contribution in [3.63, 3.8) is 0 Å². The summed E-state index contributed by atoms with van der Waals surface area (Å²) in [5.41, 5.74) is 9.46. The molecule has 0 aliphatic carbocycles. The van der Waals surface area contributed by atoms with Gasteiger partial charge in [-0.1, -0.05) is 67.3 Å². The maximum atomic E-state index is 6.65. The Hall–Kier alpha value is -3.26. The van der Waals surface area contributed by atoms with Crippen LogP contribution in [0.15, 0.2) is 73.3 Å². The highest BCUT2D eigenvalue weighted by Crippen LogP contribution is 2.51. The molecule has 3 aromatic rings. The normalized spacial score (nSPS) is 18.3. The fourth-order valence-corrected chi connectivity index (χ4v) is 4.79. The molecule has 0 radical (unpaired) electrons. The Kier molecular flexibility index (Phi) is 3.92. The maximum Gasteiger partial charge on any atom is 0.150 e. The lowest BCUT2D eigenvalue weighted by atomic mass is 9.79. The van der Waals surface area contributed by atoms with Crippen molar-refractivity contribution in [1.29, 1.82) is 0 Å². The summed E-state index contributed by atoms with van der Waals surface area (Å²) in [7, 11) is 0. The Morgan fingerprint density at radius 2 is 1.76 bits per heavy atom. The van der Waals surface area contributed by atoms with E-state index in [1.54, 1.807) is 0 Å². The Labute approximate surface area is 172 Å². The van der Waals surface area contributed by atoms with Gasteiger partial charge in [0.05, 0.1) is 5.54 Å². The molecule has 2 heterocycles. The van der Waals surface area contributed by atoms with Crippen LogP contribution >= 0.6 is 0 Å². The highest BCUT2D eigenvalue weighted by Gasteiger charge is 2.34. The lowest BCUT2D eigenvalue weighted by molar-refractivity contribution is 0.243. The van der Waals surface area contributed by atoms with E-state index in [1.165, 1.54) is 22.3 Å². The number of nitrogens with one attached hydrogen (secondary N) is 1. The molecule has 144 valence electrons. The highest BCUT2D eigenvalue weighted by molar-refractivity contribution is 5.92. The van der Waals surface area contributed by atoms with Gasteiger partial charge >= 0.3 is 0 Å². The zero-order valence-electron chi connectivity index (χ0n) is 17.1. The smallest absolute Gasteiger partial charge is 0.150 e. The van der Waals surface area contributed by atoms with Crippen molar-refractivity contribution in [2.45, 2.75) is 32.4 Å². The number of allylic oxidation sites excluding steroid dienone is 1. The van der Waals surface area contributed by atoms with Crippen molar-refractivity contribution in [2.75, 3.05) is 5.32 Å². The van der Waals surface area contributed by atoms with E-state index < -0.39 is 0 Å². The maximum absolute atomic E-state index is 6.65. The summed E-state index contributed by atoms with van der Waals surface area (Å²) >= 11 is 0. The standard InChI is InChI=1S/C27H25NO/c1-5-18-12-9-13-22-24(18)20-14-15-21-23(17(2)16-27(3,4)28-21)25(20)26(29-22)19-10-7-6-8-11-19/h5-16,26,28H,1H2,2-4H3. The van der Waals surface area contributed by atoms with E-state index in [-0.39, 0.29) is 11.6 Å². The minimum atomic E-state index is -0.153. The van der Waals surface area contributed by atoms with Crippen LogP contribution in [-0.2, 0) is 0 Å². The molecule has 5 rings (SSSR count). The molecular weight excluding hydrogens is 354 g/mol. The molecule has 1 N–H and O–H groups in total. The van der Waals surface area contributed by atoms with Gasteiger partial charge in [0.25, 0.3) is 0 Å². The van der Waals surface area contributed by atoms with E-state index >= 15 is 0 Å². The first-order valence-corrected chi connectivity index (χ1v) is 10.1. The summed E-state index contributed by atoms with van der Waals surface area (Å²) in [5.74, 6) is 0.912. The second-order valence-electron chi connectivity index (χ2n) is 8.46. The predicted molar refractivity (Wildman–Crippen MR) is 122 cm³/mol. The Bertz CT molecular complexity index is 1150. The molecule has 0 bridgehead atoms. The van der Waals surface area contributed by atoms with Gasteiger partial charge in [-0.25, -0.2) is 0 Å². The second-order valence-corrected chi connectivity index (χ2v) is 8.46. The largest absolute Gasteiger partial charge is 0.480 e. The summed E-state index contributed by atoms with van der Waals surface area (Å²) in [6.07, 6.45) is 4.07. The van der Waals surface area contributed by atoms with Crippen LogP contribution in [0.3, 0.4) is 0 Å². The minimum Gasteiger partial charge on any atom is -0.480 e. The topological polar surface area (TPSA) is 21.3 Å². The molecule has 1 atom stereocenters. The zero-order valence-corrected chi connectivity index (χ0v) is 17.1. The average molecular weight is 380 g/mol. The molecule has 29 heavy (non-hydrogen) atoms. The van der Waals surface area contributed by atoms with E-state index in [4.69, 9.17) is 4.74 Å². The van der Waals surface area contributed by atoms with E-state index in [2.05, 4.69) is 87.3 Å². The van der Waals surface area contributed by atoms with Crippen molar-refractivity contribution in [2.24, 2.45) is 0 Å². The minimum absolute atomic E-state index is 0.0761. The number of benzene rings is 3. The number of fused-ring (bicyclic) bond motifs is 5. The first-order chi connectivity index (χ1) is 14.0. The molecule has 0 spiro atoms. The first kappa shape index (κ1) is 17.8. The molecular formula is C27H25NO. The lowest BCUT2D eigenvalue weighted by Crippen LogP contribution is -2.32. The van der Waals surface area contributed by atoms with Crippen LogP contribution in [0.1, 0.15) is 49.1 Å². The van der Waals surface area contributed by atoms with E-state index in [0.717, 1.165) is 28.1 Å². The fraction of sp³-hybridized carbons (Fsp3) is 0.185. The van der Waals surface area contributed by atoms with Crippen LogP contribution in [0.4, 0.5) is 5.69 Å². The predicted octanol–water partition coefficient (Wildman–Crippen LogP) is 7.09. The summed E-state index contributed by atoms with van der Waals surface area (Å²) in [6, 6.07) is 21.1. The molecule has 2 aliphatic heterocycles. The average Bonchev–Trinajstić information content (AvgIpc) is 2.71. The van der Waals surface area contributed by atoms with Crippen LogP contribution in [0, 0.1) is 0 Å². The van der Waals surface area contributed by atoms with Crippen LogP contribution in [-0.4, -0.2) is 5.54 Å². The zero-order chi connectivity index (χ0) is 20.2. The SMILES string of the molecule is C=Cc1cccc2c1-c1ccc3c(c1C(c1ccccc1)O2)C(C)=CC(C)(C)N3. The molecule has 0 saturated carbocycles. The molecule has 3 aromatic carbocycles. The summed E-state index contributed by atoms with van der Waals surface area (Å²) in [6.45, 7) is 10.6. The van der Waals surface area contributed by atoms with Crippen molar-refractivity contribution in [3.05, 3.63) is 95.6 Å². The van der Waals surface area contributed by atoms with Gasteiger partial charge in [0.15, 0.2) is 6.10 Å². The van der Waals surface area contributed by atoms with E-state index in [9.17, 15) is 0 Å². The third-order valence-electron chi connectivity index (χ3n) is 5.83. The quantitative estimate of drug-likeness (QED) is 0.513. The third kappa shape index (κ3) is 2.79. The summed E-state index contributed by atoms with van der Waals surface area (Å²) in [4.78, 5) is 0. The van der Waals surface area contributed by atoms with Gasteiger partial charge in [0.2, 0.25) is 0 Å². The number of hydrogen-bond donors (Lipinski definition) is 1. The second kappa shape index (κ2) is 6.38. The van der Waals surface area contributed by atoms with Crippen molar-refractivity contribution in [1.82, 2.24) is 0 Å². The molecule has 0 fully saturated rings. The Balaban J connectivity index is 1.85. The summed E-state index contributed by atoms with van der Waals surface area (Å²) in [5, 5.41) is 3.69. The number of ether oxygens (including phenoxy) is 1. The van der Waals surface area contributed by atoms with Gasteiger partial charge in [0, 0.05) is 22.4 Å². The van der Waals surface area contributed by atoms with Crippen molar-refractivity contribution < 1.29 is 4.74 Å². The molecule has 0 amide bonds. The van der Waals surface area contributed by atoms with Crippen LogP contribution in [0.2, 0.25) is 0 Å². The monoisotopic (exact) mass is 379 g/mol. The van der Waals surface area contributed by atoms with Gasteiger partial charge in [0.1, 0.15) is 5.75 Å². The lowest BCUT2D eigenvalue weighted by Gasteiger charge is -2.37. The molecule has 0 saturated heterocycles. The van der Waals surface area contributed by atoms with Crippen molar-refractivity contribution >= 4 is 17.3 Å². The fourth-order valence-electron chi connectivity index (χ4n) is 4.79. The van der Waals surface area contributed by atoms with Gasteiger partial charge < -0.3 is 10.1 Å². The Morgan fingerprint density at radius 1 is 0.966 bits per heavy atom. The number of hydrogen-bond acceptors (Lipinski definition) is 2. The molecule has 2 nitrogen and oxygen atoms in total. The molecule has 2 heteroatoms. The number of anilines is 1. The van der Waals surface area contributed by atoms with Gasteiger partial charge in [-0.2, -0.15) is 0 Å². The highest BCUT2D eigenvalue weighted by atomic mass is 16.5. The van der Waals surface area contributed by atoms with Crippen LogP contribution < -0.4 is 10.1 Å². The van der Waals surface area contributed by atoms with Crippen molar-refractivity contribution in [3.8, 4) is 16.9 Å². The molecule has 2 aliphatic rings. The van der Waals surface area contributed by atoms with Crippen LogP contribution in [0.5, 0.6) is 5.75 Å².